The lowest BCUT2D eigenvalue weighted by Gasteiger charge is -2.34. The fraction of sp³-hybridized carbons (Fsp3) is 0.765. The first-order chi connectivity index (χ1) is 10.0. The SMILES string of the molecule is CCCNc1ncc(C)c(N(CC(C)C)C(CC)CC)n1. The van der Waals surface area contributed by atoms with E-state index in [-0.39, 0.29) is 0 Å². The van der Waals surface area contributed by atoms with Crippen LogP contribution >= 0.6 is 0 Å². The van der Waals surface area contributed by atoms with E-state index in [1.807, 2.05) is 6.20 Å². The molecule has 0 aliphatic rings. The van der Waals surface area contributed by atoms with Gasteiger partial charge in [-0.05, 0) is 32.1 Å². The van der Waals surface area contributed by atoms with Gasteiger partial charge in [0.25, 0.3) is 0 Å². The monoisotopic (exact) mass is 292 g/mol. The van der Waals surface area contributed by atoms with Crippen LogP contribution in [0.2, 0.25) is 0 Å². The lowest BCUT2D eigenvalue weighted by atomic mass is 10.1. The normalized spacial score (nSPS) is 11.2. The van der Waals surface area contributed by atoms with Gasteiger partial charge in [-0.25, -0.2) is 4.98 Å². The number of hydrogen-bond donors (Lipinski definition) is 1. The maximum Gasteiger partial charge on any atom is 0.224 e. The Labute approximate surface area is 130 Å². The third-order valence-corrected chi connectivity index (χ3v) is 3.70. The summed E-state index contributed by atoms with van der Waals surface area (Å²) in [5.41, 5.74) is 1.16. The summed E-state index contributed by atoms with van der Waals surface area (Å²) < 4.78 is 0. The number of rotatable bonds is 9. The van der Waals surface area contributed by atoms with Crippen molar-refractivity contribution in [1.29, 1.82) is 0 Å². The van der Waals surface area contributed by atoms with Crippen LogP contribution in [0.5, 0.6) is 0 Å². The number of nitrogens with zero attached hydrogens (tertiary/aromatic N) is 3. The standard InChI is InChI=1S/C17H32N4/c1-7-10-18-17-19-11-14(6)16(20-17)21(12-13(4)5)15(8-2)9-3/h11,13,15H,7-10,12H2,1-6H3,(H,18,19,20). The summed E-state index contributed by atoms with van der Waals surface area (Å²) in [5.74, 6) is 2.45. The molecule has 0 atom stereocenters. The molecule has 4 nitrogen and oxygen atoms in total. The van der Waals surface area contributed by atoms with Crippen molar-refractivity contribution in [2.75, 3.05) is 23.3 Å². The van der Waals surface area contributed by atoms with E-state index in [0.717, 1.165) is 49.7 Å². The zero-order chi connectivity index (χ0) is 15.8. The second-order valence-electron chi connectivity index (χ2n) is 6.14. The average Bonchev–Trinajstić information content (AvgIpc) is 2.46. The second kappa shape index (κ2) is 8.85. The highest BCUT2D eigenvalue weighted by Gasteiger charge is 2.20. The molecule has 0 aliphatic carbocycles. The smallest absolute Gasteiger partial charge is 0.224 e. The molecular weight excluding hydrogens is 260 g/mol. The molecule has 0 fully saturated rings. The van der Waals surface area contributed by atoms with Gasteiger partial charge >= 0.3 is 0 Å². The van der Waals surface area contributed by atoms with Crippen LogP contribution in [0.4, 0.5) is 11.8 Å². The van der Waals surface area contributed by atoms with Crippen LogP contribution in [-0.2, 0) is 0 Å². The Morgan fingerprint density at radius 1 is 1.19 bits per heavy atom. The summed E-state index contributed by atoms with van der Waals surface area (Å²) in [6, 6.07) is 0.542. The molecule has 0 aromatic carbocycles. The molecule has 0 unspecified atom stereocenters. The van der Waals surface area contributed by atoms with Gasteiger partial charge in [0.1, 0.15) is 5.82 Å². The number of anilines is 2. The van der Waals surface area contributed by atoms with Crippen LogP contribution in [-0.4, -0.2) is 29.1 Å². The van der Waals surface area contributed by atoms with Crippen LogP contribution in [0, 0.1) is 12.8 Å². The summed E-state index contributed by atoms with van der Waals surface area (Å²) in [5, 5.41) is 3.30. The third kappa shape index (κ3) is 5.18. The highest BCUT2D eigenvalue weighted by molar-refractivity contribution is 5.50. The molecule has 1 rings (SSSR count). The van der Waals surface area contributed by atoms with Crippen LogP contribution < -0.4 is 10.2 Å². The highest BCUT2D eigenvalue weighted by Crippen LogP contribution is 2.24. The molecule has 0 aliphatic heterocycles. The maximum atomic E-state index is 4.78. The van der Waals surface area contributed by atoms with Gasteiger partial charge in [0.15, 0.2) is 0 Å². The Morgan fingerprint density at radius 3 is 2.38 bits per heavy atom. The lowest BCUT2D eigenvalue weighted by molar-refractivity contribution is 0.502. The van der Waals surface area contributed by atoms with E-state index < -0.39 is 0 Å². The van der Waals surface area contributed by atoms with Crippen molar-refractivity contribution >= 4 is 11.8 Å². The Kier molecular flexibility index (Phi) is 7.48. The second-order valence-corrected chi connectivity index (χ2v) is 6.14. The van der Waals surface area contributed by atoms with E-state index in [1.165, 1.54) is 0 Å². The van der Waals surface area contributed by atoms with Gasteiger partial charge in [0.05, 0.1) is 0 Å². The van der Waals surface area contributed by atoms with Crippen LogP contribution in [0.3, 0.4) is 0 Å². The third-order valence-electron chi connectivity index (χ3n) is 3.70. The molecule has 0 amide bonds. The Morgan fingerprint density at radius 2 is 1.86 bits per heavy atom. The molecule has 120 valence electrons. The Hall–Kier alpha value is -1.32. The molecule has 1 heterocycles. The van der Waals surface area contributed by atoms with E-state index in [4.69, 9.17) is 4.98 Å². The fourth-order valence-electron chi connectivity index (χ4n) is 2.58. The van der Waals surface area contributed by atoms with E-state index in [9.17, 15) is 0 Å². The van der Waals surface area contributed by atoms with Crippen LogP contribution in [0.15, 0.2) is 6.20 Å². The van der Waals surface area contributed by atoms with Gasteiger partial charge in [-0.15, -0.1) is 0 Å². The van der Waals surface area contributed by atoms with Crippen molar-refractivity contribution < 1.29 is 0 Å². The first-order valence-electron chi connectivity index (χ1n) is 8.37. The molecule has 0 spiro atoms. The first-order valence-corrected chi connectivity index (χ1v) is 8.37. The summed E-state index contributed by atoms with van der Waals surface area (Å²) in [6.45, 7) is 15.3. The van der Waals surface area contributed by atoms with Gasteiger partial charge in [-0.1, -0.05) is 34.6 Å². The summed E-state index contributed by atoms with van der Waals surface area (Å²) in [4.78, 5) is 11.7. The molecule has 0 saturated carbocycles. The summed E-state index contributed by atoms with van der Waals surface area (Å²) in [6.07, 6.45) is 5.31. The van der Waals surface area contributed by atoms with E-state index >= 15 is 0 Å². The minimum Gasteiger partial charge on any atom is -0.354 e. The van der Waals surface area contributed by atoms with Crippen molar-refractivity contribution in [2.45, 2.75) is 66.8 Å². The molecule has 0 radical (unpaired) electrons. The molecule has 1 N–H and O–H groups in total. The zero-order valence-corrected chi connectivity index (χ0v) is 14.6. The van der Waals surface area contributed by atoms with Crippen molar-refractivity contribution in [3.63, 3.8) is 0 Å². The molecular formula is C17H32N4. The first kappa shape index (κ1) is 17.7. The number of aryl methyl sites for hydroxylation is 1. The molecule has 0 saturated heterocycles. The predicted octanol–water partition coefficient (Wildman–Crippen LogP) is 4.26. The summed E-state index contributed by atoms with van der Waals surface area (Å²) in [7, 11) is 0. The minimum absolute atomic E-state index is 0.542. The molecule has 0 bridgehead atoms. The molecule has 1 aromatic heterocycles. The van der Waals surface area contributed by atoms with Gasteiger partial charge < -0.3 is 10.2 Å². The number of aromatic nitrogens is 2. The highest BCUT2D eigenvalue weighted by atomic mass is 15.2. The fourth-order valence-corrected chi connectivity index (χ4v) is 2.58. The quantitative estimate of drug-likeness (QED) is 0.738. The van der Waals surface area contributed by atoms with Crippen molar-refractivity contribution in [3.05, 3.63) is 11.8 Å². The minimum atomic E-state index is 0.542. The van der Waals surface area contributed by atoms with E-state index in [1.54, 1.807) is 0 Å². The average molecular weight is 292 g/mol. The van der Waals surface area contributed by atoms with Gasteiger partial charge in [0.2, 0.25) is 5.95 Å². The molecule has 4 heteroatoms. The largest absolute Gasteiger partial charge is 0.354 e. The van der Waals surface area contributed by atoms with Gasteiger partial charge in [0, 0.05) is 30.9 Å². The van der Waals surface area contributed by atoms with Crippen molar-refractivity contribution in [3.8, 4) is 0 Å². The van der Waals surface area contributed by atoms with E-state index in [2.05, 4.69) is 56.7 Å². The summed E-state index contributed by atoms with van der Waals surface area (Å²) >= 11 is 0. The zero-order valence-electron chi connectivity index (χ0n) is 14.6. The van der Waals surface area contributed by atoms with Crippen molar-refractivity contribution in [1.82, 2.24) is 9.97 Å². The molecule has 21 heavy (non-hydrogen) atoms. The van der Waals surface area contributed by atoms with Crippen molar-refractivity contribution in [2.24, 2.45) is 5.92 Å². The van der Waals surface area contributed by atoms with Crippen LogP contribution in [0.25, 0.3) is 0 Å². The lowest BCUT2D eigenvalue weighted by Crippen LogP contribution is -2.38. The van der Waals surface area contributed by atoms with Crippen LogP contribution in [0.1, 0.15) is 59.4 Å². The maximum absolute atomic E-state index is 4.78. The predicted molar refractivity (Wildman–Crippen MR) is 92.1 cm³/mol. The van der Waals surface area contributed by atoms with Gasteiger partial charge in [-0.2, -0.15) is 4.98 Å². The number of hydrogen-bond acceptors (Lipinski definition) is 4. The number of nitrogens with one attached hydrogen (secondary N) is 1. The topological polar surface area (TPSA) is 41.1 Å². The Balaban J connectivity index is 3.09. The van der Waals surface area contributed by atoms with Gasteiger partial charge in [-0.3, -0.25) is 0 Å². The van der Waals surface area contributed by atoms with E-state index in [0.29, 0.717) is 12.0 Å². The molecule has 1 aromatic rings. The Bertz CT molecular complexity index is 413.